The van der Waals surface area contributed by atoms with Crippen molar-refractivity contribution in [1.29, 1.82) is 0 Å². The zero-order chi connectivity index (χ0) is 28.0. The molecule has 0 aliphatic carbocycles. The second kappa shape index (κ2) is 12.0. The number of aromatic nitrogens is 2. The number of pyridine rings is 1. The molecule has 200 valence electrons. The number of amides is 2. The number of benzene rings is 2. The van der Waals surface area contributed by atoms with Gasteiger partial charge in [-0.3, -0.25) is 19.6 Å². The average Bonchev–Trinajstić information content (AvgIpc) is 3.43. The summed E-state index contributed by atoms with van der Waals surface area (Å²) in [4.78, 5) is 38.6. The quantitative estimate of drug-likeness (QED) is 0.179. The fourth-order valence-electron chi connectivity index (χ4n) is 3.75. The molecule has 0 aliphatic heterocycles. The summed E-state index contributed by atoms with van der Waals surface area (Å²) in [5, 5.41) is 17.9. The predicted molar refractivity (Wildman–Crippen MR) is 156 cm³/mol. The van der Waals surface area contributed by atoms with Crippen LogP contribution < -0.4 is 16.4 Å². The zero-order valence-corrected chi connectivity index (χ0v) is 22.7. The van der Waals surface area contributed by atoms with Crippen molar-refractivity contribution in [3.8, 4) is 21.7 Å². The van der Waals surface area contributed by atoms with Crippen LogP contribution in [0.5, 0.6) is 0 Å². The van der Waals surface area contributed by atoms with Crippen molar-refractivity contribution in [2.75, 3.05) is 24.6 Å². The summed E-state index contributed by atoms with van der Waals surface area (Å²) in [5.41, 5.74) is 10.0. The highest BCUT2D eigenvalue weighted by molar-refractivity contribution is 7.13. The Morgan fingerprint density at radius 2 is 1.92 bits per heavy atom. The molecule has 2 aromatic heterocycles. The highest BCUT2D eigenvalue weighted by Gasteiger charge is 2.17. The molecule has 4 rings (SSSR count). The Morgan fingerprint density at radius 1 is 1.13 bits per heavy atom. The van der Waals surface area contributed by atoms with Crippen LogP contribution >= 0.6 is 11.3 Å². The van der Waals surface area contributed by atoms with Crippen LogP contribution in [0, 0.1) is 0 Å². The molecule has 0 saturated carbocycles. The fourth-order valence-corrected chi connectivity index (χ4v) is 4.54. The molecule has 0 spiro atoms. The molecular formula is C29H30N6O3S. The number of thiazole rings is 1. The van der Waals surface area contributed by atoms with Crippen molar-refractivity contribution in [3.05, 3.63) is 83.1 Å². The highest BCUT2D eigenvalue weighted by atomic mass is 32.1. The molecule has 39 heavy (non-hydrogen) atoms. The number of rotatable bonds is 9. The van der Waals surface area contributed by atoms with Gasteiger partial charge in [0.15, 0.2) is 0 Å². The maximum Gasteiger partial charge on any atom is 0.275 e. The summed E-state index contributed by atoms with van der Waals surface area (Å²) in [7, 11) is 1.57. The van der Waals surface area contributed by atoms with E-state index in [1.54, 1.807) is 75.2 Å². The van der Waals surface area contributed by atoms with Crippen molar-refractivity contribution in [1.82, 2.24) is 15.3 Å². The first kappa shape index (κ1) is 27.6. The lowest BCUT2D eigenvalue weighted by Gasteiger charge is -2.16. The summed E-state index contributed by atoms with van der Waals surface area (Å²) in [5.74, 6) is -0.615. The van der Waals surface area contributed by atoms with Crippen molar-refractivity contribution in [3.63, 3.8) is 0 Å². The monoisotopic (exact) mass is 542 g/mol. The van der Waals surface area contributed by atoms with Gasteiger partial charge in [0.25, 0.3) is 11.8 Å². The Balaban J connectivity index is 1.69. The van der Waals surface area contributed by atoms with Gasteiger partial charge >= 0.3 is 0 Å². The maximum atomic E-state index is 13.3. The minimum atomic E-state index is -0.829. The van der Waals surface area contributed by atoms with E-state index in [9.17, 15) is 14.7 Å². The van der Waals surface area contributed by atoms with Gasteiger partial charge in [0.1, 0.15) is 10.7 Å². The molecule has 5 N–H and O–H groups in total. The van der Waals surface area contributed by atoms with Crippen LogP contribution in [-0.2, 0) is 0 Å². The summed E-state index contributed by atoms with van der Waals surface area (Å²) >= 11 is 1.35. The number of nitrogen functional groups attached to an aromatic ring is 1. The Hall–Kier alpha value is -4.41. The van der Waals surface area contributed by atoms with Crippen LogP contribution in [0.25, 0.3) is 21.7 Å². The van der Waals surface area contributed by atoms with Crippen LogP contribution in [0.4, 0.5) is 11.4 Å². The van der Waals surface area contributed by atoms with Gasteiger partial charge in [-0.2, -0.15) is 0 Å². The van der Waals surface area contributed by atoms with Crippen molar-refractivity contribution in [2.24, 2.45) is 4.99 Å². The molecule has 2 aromatic carbocycles. The minimum absolute atomic E-state index is 0.226. The Labute approximate surface area is 230 Å². The van der Waals surface area contributed by atoms with E-state index < -0.39 is 5.60 Å². The number of hydrogen-bond acceptors (Lipinski definition) is 8. The number of nitrogens with one attached hydrogen (secondary N) is 2. The molecule has 0 unspecified atom stereocenters. The average molecular weight is 543 g/mol. The van der Waals surface area contributed by atoms with E-state index in [1.165, 1.54) is 11.3 Å². The van der Waals surface area contributed by atoms with E-state index in [2.05, 4.69) is 25.6 Å². The van der Waals surface area contributed by atoms with E-state index in [0.717, 1.165) is 5.56 Å². The lowest BCUT2D eigenvalue weighted by atomic mass is 9.98. The Bertz CT molecular complexity index is 1510. The molecule has 0 atom stereocenters. The third-order valence-electron chi connectivity index (χ3n) is 5.86. The number of anilines is 2. The number of aliphatic imine (C=N–C) groups is 1. The highest BCUT2D eigenvalue weighted by Crippen LogP contribution is 2.33. The minimum Gasteiger partial charge on any atom is -0.398 e. The van der Waals surface area contributed by atoms with Crippen LogP contribution in [-0.4, -0.2) is 52.3 Å². The van der Waals surface area contributed by atoms with Gasteiger partial charge in [-0.15, -0.1) is 11.3 Å². The molecule has 9 nitrogen and oxygen atoms in total. The molecule has 0 bridgehead atoms. The van der Waals surface area contributed by atoms with Gasteiger partial charge in [-0.1, -0.05) is 12.1 Å². The number of carbonyl (C=O) groups excluding carboxylic acids is 2. The van der Waals surface area contributed by atoms with Crippen LogP contribution in [0.2, 0.25) is 0 Å². The smallest absolute Gasteiger partial charge is 0.275 e. The summed E-state index contributed by atoms with van der Waals surface area (Å²) in [6.07, 6.45) is 5.49. The van der Waals surface area contributed by atoms with Crippen molar-refractivity contribution >= 4 is 40.7 Å². The van der Waals surface area contributed by atoms with Gasteiger partial charge in [0.05, 0.1) is 5.60 Å². The number of aliphatic hydroxyl groups is 1. The summed E-state index contributed by atoms with van der Waals surface area (Å²) < 4.78 is 0. The number of hydrogen-bond donors (Lipinski definition) is 4. The first-order chi connectivity index (χ1) is 18.6. The molecule has 0 radical (unpaired) electrons. The second-order valence-electron chi connectivity index (χ2n) is 9.52. The maximum absolute atomic E-state index is 13.3. The summed E-state index contributed by atoms with van der Waals surface area (Å²) in [6.45, 7) is 3.87. The van der Waals surface area contributed by atoms with Crippen molar-refractivity contribution in [2.45, 2.75) is 25.9 Å². The molecule has 0 fully saturated rings. The zero-order valence-electron chi connectivity index (χ0n) is 21.9. The van der Waals surface area contributed by atoms with Crippen molar-refractivity contribution < 1.29 is 14.7 Å². The second-order valence-corrected chi connectivity index (χ2v) is 10.4. The number of carbonyl (C=O) groups is 2. The lowest BCUT2D eigenvalue weighted by molar-refractivity contribution is 0.0739. The van der Waals surface area contributed by atoms with Gasteiger partial charge in [0.2, 0.25) is 0 Å². The van der Waals surface area contributed by atoms with Gasteiger partial charge in [0, 0.05) is 71.2 Å². The summed E-state index contributed by atoms with van der Waals surface area (Å²) in [6, 6.07) is 14.3. The van der Waals surface area contributed by atoms with E-state index in [1.807, 2.05) is 18.2 Å². The molecule has 10 heteroatoms. The lowest BCUT2D eigenvalue weighted by Crippen LogP contribution is -2.19. The van der Waals surface area contributed by atoms with E-state index in [0.29, 0.717) is 51.6 Å². The predicted octanol–water partition coefficient (Wildman–Crippen LogP) is 4.65. The van der Waals surface area contributed by atoms with E-state index in [-0.39, 0.29) is 17.5 Å². The molecule has 0 saturated heterocycles. The van der Waals surface area contributed by atoms with Crippen LogP contribution in [0.3, 0.4) is 0 Å². The fraction of sp³-hybridized carbons (Fsp3) is 0.207. The first-order valence-electron chi connectivity index (χ1n) is 12.3. The standard InChI is InChI=1S/C29H30N6O3S/c1-29(2,38)9-11-33-16-21-13-24(22(14-23(21)30)18-6-4-7-19(12-18)26(36)31-3)34-27(37)25-17-39-28(35-25)20-8-5-10-32-15-20/h4-8,10,12-17,38H,9,11,30H2,1-3H3,(H,31,36)(H,34,37). The Morgan fingerprint density at radius 3 is 2.64 bits per heavy atom. The largest absolute Gasteiger partial charge is 0.398 e. The normalized spacial score (nSPS) is 11.5. The van der Waals surface area contributed by atoms with Gasteiger partial charge < -0.3 is 21.5 Å². The third kappa shape index (κ3) is 7.13. The molecule has 2 amide bonds. The molecule has 2 heterocycles. The number of nitrogens with two attached hydrogens (primary N) is 1. The van der Waals surface area contributed by atoms with Crippen LogP contribution in [0.1, 0.15) is 46.7 Å². The molecule has 4 aromatic rings. The molecule has 0 aliphatic rings. The number of nitrogens with zero attached hydrogens (tertiary/aromatic N) is 3. The van der Waals surface area contributed by atoms with Gasteiger partial charge in [-0.25, -0.2) is 4.98 Å². The van der Waals surface area contributed by atoms with E-state index >= 15 is 0 Å². The van der Waals surface area contributed by atoms with Gasteiger partial charge in [-0.05, 0) is 62.2 Å². The molecular weight excluding hydrogens is 512 g/mol. The first-order valence-corrected chi connectivity index (χ1v) is 13.2. The third-order valence-corrected chi connectivity index (χ3v) is 6.75. The van der Waals surface area contributed by atoms with E-state index in [4.69, 9.17) is 5.73 Å². The topological polar surface area (TPSA) is 143 Å². The Kier molecular flexibility index (Phi) is 8.48. The van der Waals surface area contributed by atoms with Crippen LogP contribution in [0.15, 0.2) is 71.3 Å². The SMILES string of the molecule is CNC(=O)c1cccc(-c2cc(N)c(C=NCCC(C)(C)O)cc2NC(=O)c2csc(-c3cccnc3)n2)c1.